The summed E-state index contributed by atoms with van der Waals surface area (Å²) in [6.07, 6.45) is 0. The summed E-state index contributed by atoms with van der Waals surface area (Å²) in [6, 6.07) is 6.10. The summed E-state index contributed by atoms with van der Waals surface area (Å²) in [5, 5.41) is 16.9. The number of rotatable bonds is 5. The lowest BCUT2D eigenvalue weighted by Gasteiger charge is -2.27. The quantitative estimate of drug-likeness (QED) is 0.615. The van der Waals surface area contributed by atoms with Crippen LogP contribution in [-0.4, -0.2) is 48.5 Å². The van der Waals surface area contributed by atoms with Gasteiger partial charge in [-0.2, -0.15) is 0 Å². The van der Waals surface area contributed by atoms with Crippen LogP contribution in [0.2, 0.25) is 0 Å². The summed E-state index contributed by atoms with van der Waals surface area (Å²) in [6.45, 7) is 5.70. The molecule has 0 aliphatic carbocycles. The van der Waals surface area contributed by atoms with Crippen LogP contribution in [0.25, 0.3) is 0 Å². The Hall–Kier alpha value is -1.99. The third-order valence-corrected chi connectivity index (χ3v) is 3.54. The molecular weight excluding hydrogens is 272 g/mol. The predicted octanol–water partition coefficient (Wildman–Crippen LogP) is 0.677. The van der Waals surface area contributed by atoms with Gasteiger partial charge in [-0.25, -0.2) is 0 Å². The van der Waals surface area contributed by atoms with Gasteiger partial charge in [0.05, 0.1) is 17.5 Å². The summed E-state index contributed by atoms with van der Waals surface area (Å²) < 4.78 is 0. The van der Waals surface area contributed by atoms with Gasteiger partial charge in [0.1, 0.15) is 0 Å². The first kappa shape index (κ1) is 15.4. The third-order valence-electron chi connectivity index (χ3n) is 3.54. The molecule has 0 aromatic heterocycles. The first-order valence-electron chi connectivity index (χ1n) is 7.03. The maximum atomic E-state index is 12.0. The number of piperazine rings is 1. The minimum atomic E-state index is -0.432. The second-order valence-corrected chi connectivity index (χ2v) is 5.17. The van der Waals surface area contributed by atoms with Gasteiger partial charge in [0, 0.05) is 38.3 Å². The average molecular weight is 292 g/mol. The van der Waals surface area contributed by atoms with Gasteiger partial charge in [0.15, 0.2) is 0 Å². The number of non-ortho nitro benzene ring substituents is 1. The Labute approximate surface area is 123 Å². The molecule has 1 aromatic carbocycles. The van der Waals surface area contributed by atoms with Crippen molar-refractivity contribution in [3.63, 3.8) is 0 Å². The maximum Gasteiger partial charge on any atom is 0.269 e. The largest absolute Gasteiger partial charge is 0.348 e. The van der Waals surface area contributed by atoms with E-state index >= 15 is 0 Å². The summed E-state index contributed by atoms with van der Waals surface area (Å²) in [7, 11) is 0. The number of nitro benzene ring substituents is 1. The molecule has 21 heavy (non-hydrogen) atoms. The number of nitrogens with zero attached hydrogens (tertiary/aromatic N) is 2. The summed E-state index contributed by atoms with van der Waals surface area (Å²) in [5.74, 6) is -0.0593. The molecule has 0 bridgehead atoms. The molecule has 2 rings (SSSR count). The molecule has 2 N–H and O–H groups in total. The molecule has 114 valence electrons. The molecule has 0 saturated carbocycles. The van der Waals surface area contributed by atoms with Gasteiger partial charge in [-0.1, -0.05) is 12.1 Å². The van der Waals surface area contributed by atoms with Crippen LogP contribution in [0.1, 0.15) is 18.5 Å². The molecule has 1 aliphatic heterocycles. The highest BCUT2D eigenvalue weighted by molar-refractivity contribution is 5.78. The van der Waals surface area contributed by atoms with Crippen molar-refractivity contribution in [1.29, 1.82) is 0 Å². The van der Waals surface area contributed by atoms with Crippen LogP contribution in [0, 0.1) is 10.1 Å². The third kappa shape index (κ3) is 4.51. The number of hydrogen-bond acceptors (Lipinski definition) is 5. The molecule has 1 unspecified atom stereocenters. The van der Waals surface area contributed by atoms with Crippen LogP contribution in [0.4, 0.5) is 5.69 Å². The molecule has 0 radical (unpaired) electrons. The van der Waals surface area contributed by atoms with Gasteiger partial charge in [0.2, 0.25) is 5.91 Å². The Morgan fingerprint density at radius 1 is 1.48 bits per heavy atom. The second kappa shape index (κ2) is 7.14. The van der Waals surface area contributed by atoms with E-state index in [1.54, 1.807) is 12.1 Å². The normalized spacial score (nSPS) is 17.2. The lowest BCUT2D eigenvalue weighted by molar-refractivity contribution is -0.384. The van der Waals surface area contributed by atoms with Crippen LogP contribution in [-0.2, 0) is 4.79 Å². The summed E-state index contributed by atoms with van der Waals surface area (Å²) >= 11 is 0. The van der Waals surface area contributed by atoms with E-state index in [0.717, 1.165) is 31.7 Å². The van der Waals surface area contributed by atoms with Gasteiger partial charge in [0.25, 0.3) is 5.69 Å². The van der Waals surface area contributed by atoms with Crippen molar-refractivity contribution in [3.8, 4) is 0 Å². The molecule has 1 aromatic rings. The van der Waals surface area contributed by atoms with E-state index in [9.17, 15) is 14.9 Å². The first-order chi connectivity index (χ1) is 10.1. The van der Waals surface area contributed by atoms with Gasteiger partial charge in [-0.15, -0.1) is 0 Å². The number of nitrogens with one attached hydrogen (secondary N) is 2. The van der Waals surface area contributed by atoms with Crippen LogP contribution in [0.5, 0.6) is 0 Å². The van der Waals surface area contributed by atoms with Crippen molar-refractivity contribution in [2.24, 2.45) is 0 Å². The first-order valence-corrected chi connectivity index (χ1v) is 7.03. The molecule has 1 saturated heterocycles. The minimum absolute atomic E-state index is 0.0377. The zero-order chi connectivity index (χ0) is 15.2. The molecule has 0 spiro atoms. The number of carbonyl (C=O) groups excluding carboxylic acids is 1. The smallest absolute Gasteiger partial charge is 0.269 e. The van der Waals surface area contributed by atoms with E-state index in [0.29, 0.717) is 6.54 Å². The van der Waals surface area contributed by atoms with E-state index in [2.05, 4.69) is 15.5 Å². The van der Waals surface area contributed by atoms with Crippen molar-refractivity contribution in [2.45, 2.75) is 13.0 Å². The minimum Gasteiger partial charge on any atom is -0.348 e. The molecule has 1 heterocycles. The van der Waals surface area contributed by atoms with Crippen molar-refractivity contribution < 1.29 is 9.72 Å². The molecule has 1 aliphatic rings. The van der Waals surface area contributed by atoms with Crippen molar-refractivity contribution >= 4 is 11.6 Å². The monoisotopic (exact) mass is 292 g/mol. The van der Waals surface area contributed by atoms with Gasteiger partial charge >= 0.3 is 0 Å². The van der Waals surface area contributed by atoms with Gasteiger partial charge in [-0.3, -0.25) is 19.8 Å². The van der Waals surface area contributed by atoms with E-state index in [1.807, 2.05) is 6.92 Å². The van der Waals surface area contributed by atoms with E-state index in [-0.39, 0.29) is 17.6 Å². The zero-order valence-electron chi connectivity index (χ0n) is 12.0. The predicted molar refractivity (Wildman–Crippen MR) is 79.0 cm³/mol. The maximum absolute atomic E-state index is 12.0. The SMILES string of the molecule is CC(NC(=O)CN1CCNCC1)c1cccc([N+](=O)[O-])c1. The topological polar surface area (TPSA) is 87.5 Å². The lowest BCUT2D eigenvalue weighted by atomic mass is 10.1. The van der Waals surface area contributed by atoms with E-state index < -0.39 is 4.92 Å². The molecule has 1 amide bonds. The number of benzene rings is 1. The van der Waals surface area contributed by atoms with Crippen molar-refractivity contribution in [2.75, 3.05) is 32.7 Å². The van der Waals surface area contributed by atoms with Gasteiger partial charge in [-0.05, 0) is 12.5 Å². The second-order valence-electron chi connectivity index (χ2n) is 5.17. The molecule has 7 nitrogen and oxygen atoms in total. The van der Waals surface area contributed by atoms with E-state index in [1.165, 1.54) is 12.1 Å². The molecule has 1 fully saturated rings. The standard InChI is InChI=1S/C14H20N4O3/c1-11(12-3-2-4-13(9-12)18(20)21)16-14(19)10-17-7-5-15-6-8-17/h2-4,9,11,15H,5-8,10H2,1H3,(H,16,19). The van der Waals surface area contributed by atoms with Crippen molar-refractivity contribution in [3.05, 3.63) is 39.9 Å². The zero-order valence-corrected chi connectivity index (χ0v) is 12.0. The highest BCUT2D eigenvalue weighted by Crippen LogP contribution is 2.18. The number of nitro groups is 1. The van der Waals surface area contributed by atoms with Gasteiger partial charge < -0.3 is 10.6 Å². The fraction of sp³-hybridized carbons (Fsp3) is 0.500. The fourth-order valence-electron chi connectivity index (χ4n) is 2.35. The number of hydrogen-bond donors (Lipinski definition) is 2. The van der Waals surface area contributed by atoms with E-state index in [4.69, 9.17) is 0 Å². The van der Waals surface area contributed by atoms with Crippen molar-refractivity contribution in [1.82, 2.24) is 15.5 Å². The Morgan fingerprint density at radius 3 is 2.86 bits per heavy atom. The highest BCUT2D eigenvalue weighted by Gasteiger charge is 2.16. The van der Waals surface area contributed by atoms with Crippen LogP contribution in [0.3, 0.4) is 0 Å². The lowest BCUT2D eigenvalue weighted by Crippen LogP contribution is -2.47. The Kier molecular flexibility index (Phi) is 5.24. The average Bonchev–Trinajstić information content (AvgIpc) is 2.48. The van der Waals surface area contributed by atoms with Crippen LogP contribution < -0.4 is 10.6 Å². The Bertz CT molecular complexity index is 515. The summed E-state index contributed by atoms with van der Waals surface area (Å²) in [5.41, 5.74) is 0.772. The Morgan fingerprint density at radius 2 is 2.19 bits per heavy atom. The number of amides is 1. The highest BCUT2D eigenvalue weighted by atomic mass is 16.6. The molecular formula is C14H20N4O3. The molecule has 7 heteroatoms. The molecule has 1 atom stereocenters. The van der Waals surface area contributed by atoms with Crippen LogP contribution in [0.15, 0.2) is 24.3 Å². The number of carbonyl (C=O) groups is 1. The Balaban J connectivity index is 1.90. The van der Waals surface area contributed by atoms with Crippen LogP contribution >= 0.6 is 0 Å². The fourth-order valence-corrected chi connectivity index (χ4v) is 2.35. The summed E-state index contributed by atoms with van der Waals surface area (Å²) in [4.78, 5) is 24.4.